The number of benzene rings is 1. The van der Waals surface area contributed by atoms with Crippen molar-refractivity contribution in [2.45, 2.75) is 53.1 Å². The van der Waals surface area contributed by atoms with Gasteiger partial charge in [-0.2, -0.15) is 0 Å². The van der Waals surface area contributed by atoms with Crippen molar-refractivity contribution in [1.29, 1.82) is 0 Å². The van der Waals surface area contributed by atoms with Gasteiger partial charge in [-0.15, -0.1) is 11.3 Å². The minimum absolute atomic E-state index is 0.0888. The van der Waals surface area contributed by atoms with E-state index in [-0.39, 0.29) is 11.9 Å². The van der Waals surface area contributed by atoms with Gasteiger partial charge in [-0.25, -0.2) is 14.4 Å². The number of halogens is 1. The van der Waals surface area contributed by atoms with Crippen LogP contribution in [0.4, 0.5) is 4.39 Å². The van der Waals surface area contributed by atoms with E-state index < -0.39 is 0 Å². The lowest BCUT2D eigenvalue weighted by Crippen LogP contribution is -2.38. The smallest absolute Gasteiger partial charge is 0.192 e. The van der Waals surface area contributed by atoms with Gasteiger partial charge in [0.05, 0.1) is 29.9 Å². The molecule has 1 aromatic heterocycles. The average molecular weight is 405 g/mol. The van der Waals surface area contributed by atoms with E-state index in [1.165, 1.54) is 12.8 Å². The second-order valence-corrected chi connectivity index (χ2v) is 8.53. The van der Waals surface area contributed by atoms with Crippen LogP contribution in [0, 0.1) is 25.6 Å². The molecule has 1 unspecified atom stereocenters. The molecule has 1 atom stereocenters. The van der Waals surface area contributed by atoms with E-state index in [2.05, 4.69) is 20.6 Å². The molecular weight excluding hydrogens is 375 g/mol. The maximum atomic E-state index is 14.4. The Hall–Kier alpha value is -2.15. The van der Waals surface area contributed by atoms with Crippen LogP contribution in [0.5, 0.6) is 5.75 Å². The summed E-state index contributed by atoms with van der Waals surface area (Å²) in [5, 5.41) is 7.65. The fourth-order valence-corrected chi connectivity index (χ4v) is 3.74. The SMILES string of the molecule is CCNC(=NCc1sc(C)nc1C)NC(C)c1ccc(OCC2CC2)c(F)c1. The maximum absolute atomic E-state index is 14.4. The number of nitrogens with zero attached hydrogens (tertiary/aromatic N) is 2. The van der Waals surface area contributed by atoms with Gasteiger partial charge in [0.1, 0.15) is 0 Å². The van der Waals surface area contributed by atoms with E-state index in [4.69, 9.17) is 4.74 Å². The van der Waals surface area contributed by atoms with E-state index in [9.17, 15) is 4.39 Å². The zero-order valence-electron chi connectivity index (χ0n) is 17.0. The van der Waals surface area contributed by atoms with Gasteiger partial charge in [0.15, 0.2) is 17.5 Å². The zero-order valence-corrected chi connectivity index (χ0v) is 17.8. The van der Waals surface area contributed by atoms with Gasteiger partial charge in [0.25, 0.3) is 0 Å². The second-order valence-electron chi connectivity index (χ2n) is 7.25. The Balaban J connectivity index is 1.63. The summed E-state index contributed by atoms with van der Waals surface area (Å²) in [5.74, 6) is 1.32. The molecule has 0 amide bonds. The molecule has 0 spiro atoms. The van der Waals surface area contributed by atoms with E-state index in [0.29, 0.717) is 30.8 Å². The van der Waals surface area contributed by atoms with Crippen molar-refractivity contribution < 1.29 is 9.13 Å². The van der Waals surface area contributed by atoms with E-state index in [1.807, 2.05) is 33.8 Å². The van der Waals surface area contributed by atoms with Gasteiger partial charge < -0.3 is 15.4 Å². The molecule has 0 radical (unpaired) electrons. The number of aromatic nitrogens is 1. The molecule has 1 saturated carbocycles. The number of aliphatic imine (C=N–C) groups is 1. The summed E-state index contributed by atoms with van der Waals surface area (Å²) in [6.07, 6.45) is 2.38. The third-order valence-electron chi connectivity index (χ3n) is 4.71. The van der Waals surface area contributed by atoms with Crippen molar-refractivity contribution >= 4 is 17.3 Å². The summed E-state index contributed by atoms with van der Waals surface area (Å²) in [6, 6.07) is 5.08. The van der Waals surface area contributed by atoms with Crippen molar-refractivity contribution in [1.82, 2.24) is 15.6 Å². The van der Waals surface area contributed by atoms with Gasteiger partial charge in [-0.05, 0) is 64.2 Å². The third kappa shape index (κ3) is 5.67. The van der Waals surface area contributed by atoms with Crippen LogP contribution < -0.4 is 15.4 Å². The Morgan fingerprint density at radius 1 is 1.39 bits per heavy atom. The van der Waals surface area contributed by atoms with Gasteiger partial charge in [-0.3, -0.25) is 0 Å². The lowest BCUT2D eigenvalue weighted by atomic mass is 10.1. The Labute approximate surface area is 170 Å². The largest absolute Gasteiger partial charge is 0.490 e. The number of ether oxygens (including phenoxy) is 1. The Kier molecular flexibility index (Phi) is 6.88. The molecule has 1 heterocycles. The van der Waals surface area contributed by atoms with Crippen LogP contribution in [0.2, 0.25) is 0 Å². The van der Waals surface area contributed by atoms with Crippen LogP contribution >= 0.6 is 11.3 Å². The lowest BCUT2D eigenvalue weighted by Gasteiger charge is -2.19. The molecule has 7 heteroatoms. The molecule has 3 rings (SSSR count). The number of thiazole rings is 1. The first-order chi connectivity index (χ1) is 13.5. The average Bonchev–Trinajstić information content (AvgIpc) is 3.42. The summed E-state index contributed by atoms with van der Waals surface area (Å²) in [7, 11) is 0. The predicted octanol–water partition coefficient (Wildman–Crippen LogP) is 4.50. The second kappa shape index (κ2) is 9.37. The first kappa shape index (κ1) is 20.6. The molecule has 1 aliphatic rings. The number of hydrogen-bond acceptors (Lipinski definition) is 4. The fraction of sp³-hybridized carbons (Fsp3) is 0.524. The zero-order chi connectivity index (χ0) is 20.1. The number of rotatable bonds is 8. The number of nitrogens with one attached hydrogen (secondary N) is 2. The predicted molar refractivity (Wildman–Crippen MR) is 113 cm³/mol. The normalized spacial score (nSPS) is 15.4. The molecule has 28 heavy (non-hydrogen) atoms. The minimum atomic E-state index is -0.315. The van der Waals surface area contributed by atoms with Crippen molar-refractivity contribution in [3.8, 4) is 5.75 Å². The molecule has 1 aromatic carbocycles. The van der Waals surface area contributed by atoms with Gasteiger partial charge in [-0.1, -0.05) is 6.07 Å². The molecule has 1 fully saturated rings. The van der Waals surface area contributed by atoms with Crippen LogP contribution in [0.1, 0.15) is 53.9 Å². The molecule has 0 saturated heterocycles. The fourth-order valence-electron chi connectivity index (χ4n) is 2.88. The van der Waals surface area contributed by atoms with Gasteiger partial charge in [0.2, 0.25) is 0 Å². The van der Waals surface area contributed by atoms with Crippen molar-refractivity contribution in [3.05, 3.63) is 45.2 Å². The highest BCUT2D eigenvalue weighted by Gasteiger charge is 2.22. The molecule has 152 valence electrons. The Bertz CT molecular complexity index is 832. The van der Waals surface area contributed by atoms with E-state index in [1.54, 1.807) is 23.5 Å². The van der Waals surface area contributed by atoms with Crippen LogP contribution in [-0.2, 0) is 6.54 Å². The van der Waals surface area contributed by atoms with Crippen LogP contribution in [0.3, 0.4) is 0 Å². The summed E-state index contributed by atoms with van der Waals surface area (Å²) in [5.41, 5.74) is 1.88. The van der Waals surface area contributed by atoms with Crippen LogP contribution in [-0.4, -0.2) is 24.1 Å². The number of hydrogen-bond donors (Lipinski definition) is 2. The first-order valence-corrected chi connectivity index (χ1v) is 10.7. The molecule has 0 aliphatic heterocycles. The number of aryl methyl sites for hydroxylation is 2. The molecule has 2 aromatic rings. The summed E-state index contributed by atoms with van der Waals surface area (Å²) in [6.45, 7) is 9.96. The quantitative estimate of drug-likeness (QED) is 0.502. The van der Waals surface area contributed by atoms with Gasteiger partial charge in [0, 0.05) is 11.4 Å². The van der Waals surface area contributed by atoms with E-state index in [0.717, 1.165) is 27.7 Å². The topological polar surface area (TPSA) is 58.5 Å². The highest BCUT2D eigenvalue weighted by atomic mass is 32.1. The van der Waals surface area contributed by atoms with Crippen molar-refractivity contribution in [2.75, 3.05) is 13.2 Å². The van der Waals surface area contributed by atoms with E-state index >= 15 is 0 Å². The third-order valence-corrected chi connectivity index (χ3v) is 5.76. The highest BCUT2D eigenvalue weighted by molar-refractivity contribution is 7.11. The Morgan fingerprint density at radius 2 is 2.18 bits per heavy atom. The number of guanidine groups is 1. The summed E-state index contributed by atoms with van der Waals surface area (Å²) in [4.78, 5) is 10.3. The molecular formula is C21H29FN4OS. The standard InChI is InChI=1S/C21H29FN4OS/c1-5-23-21(24-11-20-14(3)25-15(4)28-20)26-13(2)17-8-9-19(18(22)10-17)27-12-16-6-7-16/h8-10,13,16H,5-7,11-12H2,1-4H3,(H2,23,24,26). The highest BCUT2D eigenvalue weighted by Crippen LogP contribution is 2.30. The monoisotopic (exact) mass is 404 g/mol. The summed E-state index contributed by atoms with van der Waals surface area (Å²) < 4.78 is 20.0. The minimum Gasteiger partial charge on any atom is -0.490 e. The molecule has 1 aliphatic carbocycles. The first-order valence-electron chi connectivity index (χ1n) is 9.86. The van der Waals surface area contributed by atoms with Gasteiger partial charge >= 0.3 is 0 Å². The molecule has 2 N–H and O–H groups in total. The van der Waals surface area contributed by atoms with Crippen LogP contribution in [0.15, 0.2) is 23.2 Å². The molecule has 5 nitrogen and oxygen atoms in total. The Morgan fingerprint density at radius 3 is 2.79 bits per heavy atom. The van der Waals surface area contributed by atoms with Crippen molar-refractivity contribution in [3.63, 3.8) is 0 Å². The van der Waals surface area contributed by atoms with Crippen LogP contribution in [0.25, 0.3) is 0 Å². The molecule has 0 bridgehead atoms. The van der Waals surface area contributed by atoms with Crippen molar-refractivity contribution in [2.24, 2.45) is 10.9 Å². The summed E-state index contributed by atoms with van der Waals surface area (Å²) >= 11 is 1.67. The maximum Gasteiger partial charge on any atom is 0.192 e. The lowest BCUT2D eigenvalue weighted by molar-refractivity contribution is 0.285.